The molecule has 2 aromatic carbocycles. The van der Waals surface area contributed by atoms with Crippen LogP contribution in [-0.2, 0) is 4.79 Å². The van der Waals surface area contributed by atoms with E-state index in [1.54, 1.807) is 36.4 Å². The average molecular weight is 421 g/mol. The van der Waals surface area contributed by atoms with Gasteiger partial charge in [-0.05, 0) is 50.6 Å². The molecule has 1 aliphatic rings. The monoisotopic (exact) mass is 420 g/mol. The van der Waals surface area contributed by atoms with E-state index in [4.69, 9.17) is 11.6 Å². The third kappa shape index (κ3) is 4.50. The van der Waals surface area contributed by atoms with Crippen molar-refractivity contribution in [2.45, 2.75) is 37.7 Å². The Hall–Kier alpha value is -2.05. The number of hydrogen-bond acceptors (Lipinski definition) is 3. The van der Waals surface area contributed by atoms with Crippen LogP contribution < -0.4 is 5.32 Å². The van der Waals surface area contributed by atoms with Crippen molar-refractivity contribution in [3.05, 3.63) is 70.5 Å². The Balaban J connectivity index is 2.00. The summed E-state index contributed by atoms with van der Waals surface area (Å²) in [7, 11) is 0. The zero-order valence-electron chi connectivity index (χ0n) is 15.9. The maximum absolute atomic E-state index is 13.8. The van der Waals surface area contributed by atoms with Gasteiger partial charge in [0, 0.05) is 11.3 Å². The second-order valence-electron chi connectivity index (χ2n) is 7.69. The van der Waals surface area contributed by atoms with Gasteiger partial charge in [-0.1, -0.05) is 35.9 Å². The summed E-state index contributed by atoms with van der Waals surface area (Å²) in [6.45, 7) is 5.66. The lowest BCUT2D eigenvalue weighted by Gasteiger charge is -2.31. The van der Waals surface area contributed by atoms with Crippen LogP contribution in [0.4, 0.5) is 4.39 Å². The van der Waals surface area contributed by atoms with Crippen molar-refractivity contribution in [1.29, 1.82) is 0 Å². The van der Waals surface area contributed by atoms with E-state index in [0.29, 0.717) is 21.9 Å². The second kappa shape index (κ2) is 8.13. The van der Waals surface area contributed by atoms with Gasteiger partial charge in [0.25, 0.3) is 5.91 Å². The summed E-state index contributed by atoms with van der Waals surface area (Å²) in [6.07, 6.45) is 0. The van der Waals surface area contributed by atoms with Gasteiger partial charge >= 0.3 is 0 Å². The van der Waals surface area contributed by atoms with Crippen LogP contribution in [-0.4, -0.2) is 34.0 Å². The van der Waals surface area contributed by atoms with Gasteiger partial charge < -0.3 is 10.2 Å². The van der Waals surface area contributed by atoms with E-state index in [1.165, 1.54) is 28.8 Å². The highest BCUT2D eigenvalue weighted by molar-refractivity contribution is 7.99. The number of halogens is 2. The Morgan fingerprint density at radius 1 is 1.18 bits per heavy atom. The Morgan fingerprint density at radius 2 is 1.89 bits per heavy atom. The van der Waals surface area contributed by atoms with Crippen molar-refractivity contribution in [2.75, 3.05) is 5.75 Å². The molecule has 0 saturated carbocycles. The first kappa shape index (κ1) is 20.7. The van der Waals surface area contributed by atoms with Crippen LogP contribution in [0.2, 0.25) is 5.02 Å². The molecule has 4 nitrogen and oxygen atoms in total. The van der Waals surface area contributed by atoms with Crippen LogP contribution in [0.5, 0.6) is 0 Å². The highest BCUT2D eigenvalue weighted by Gasteiger charge is 2.43. The predicted molar refractivity (Wildman–Crippen MR) is 111 cm³/mol. The Morgan fingerprint density at radius 3 is 2.54 bits per heavy atom. The SMILES string of the molecule is CC(C)(C)NC(=O)C1CSC(c2cccc(F)c2)N1C(=O)c1ccccc1Cl. The summed E-state index contributed by atoms with van der Waals surface area (Å²) < 4.78 is 13.8. The molecule has 148 valence electrons. The van der Waals surface area contributed by atoms with Crippen molar-refractivity contribution < 1.29 is 14.0 Å². The molecule has 3 rings (SSSR count). The molecule has 1 heterocycles. The number of rotatable bonds is 3. The molecule has 1 aliphatic heterocycles. The average Bonchev–Trinajstić information content (AvgIpc) is 3.05. The van der Waals surface area contributed by atoms with Crippen molar-refractivity contribution in [3.63, 3.8) is 0 Å². The lowest BCUT2D eigenvalue weighted by molar-refractivity contribution is -0.126. The standard InChI is InChI=1S/C21H22ClFN2O2S/c1-21(2,3)24-18(26)17-12-28-20(13-7-6-8-14(23)11-13)25(17)19(27)15-9-4-5-10-16(15)22/h4-11,17,20H,12H2,1-3H3,(H,24,26). The molecule has 2 atom stereocenters. The fourth-order valence-corrected chi connectivity index (χ4v) is 4.74. The van der Waals surface area contributed by atoms with Crippen molar-refractivity contribution >= 4 is 35.2 Å². The van der Waals surface area contributed by atoms with Gasteiger partial charge in [-0.3, -0.25) is 9.59 Å². The van der Waals surface area contributed by atoms with E-state index in [9.17, 15) is 14.0 Å². The Kier molecular flexibility index (Phi) is 6.01. The Bertz CT molecular complexity index is 900. The minimum atomic E-state index is -0.679. The van der Waals surface area contributed by atoms with Crippen molar-refractivity contribution in [2.24, 2.45) is 0 Å². The third-order valence-corrected chi connectivity index (χ3v) is 5.93. The molecule has 0 aliphatic carbocycles. The van der Waals surface area contributed by atoms with E-state index in [-0.39, 0.29) is 17.6 Å². The van der Waals surface area contributed by atoms with Crippen LogP contribution in [0.15, 0.2) is 48.5 Å². The molecule has 28 heavy (non-hydrogen) atoms. The van der Waals surface area contributed by atoms with Crippen LogP contribution >= 0.6 is 23.4 Å². The summed E-state index contributed by atoms with van der Waals surface area (Å²) >= 11 is 7.67. The maximum atomic E-state index is 13.8. The smallest absolute Gasteiger partial charge is 0.257 e. The summed E-state index contributed by atoms with van der Waals surface area (Å²) in [6, 6.07) is 12.2. The van der Waals surface area contributed by atoms with Gasteiger partial charge in [-0.2, -0.15) is 0 Å². The molecule has 0 radical (unpaired) electrons. The minimum Gasteiger partial charge on any atom is -0.350 e. The van der Waals surface area contributed by atoms with E-state index < -0.39 is 17.0 Å². The number of thioether (sulfide) groups is 1. The normalized spacial score (nSPS) is 19.5. The van der Waals surface area contributed by atoms with Gasteiger partial charge in [0.05, 0.1) is 10.6 Å². The van der Waals surface area contributed by atoms with E-state index in [2.05, 4.69) is 5.32 Å². The van der Waals surface area contributed by atoms with Crippen LogP contribution in [0.3, 0.4) is 0 Å². The van der Waals surface area contributed by atoms with Gasteiger partial charge in [-0.25, -0.2) is 4.39 Å². The third-order valence-electron chi connectivity index (χ3n) is 4.27. The number of carbonyl (C=O) groups excluding carboxylic acids is 2. The second-order valence-corrected chi connectivity index (χ2v) is 9.21. The molecule has 2 amide bonds. The molecule has 0 bridgehead atoms. The first-order valence-corrected chi connectivity index (χ1v) is 10.4. The maximum Gasteiger partial charge on any atom is 0.257 e. The molecule has 2 unspecified atom stereocenters. The lowest BCUT2D eigenvalue weighted by Crippen LogP contribution is -2.52. The Labute approximate surface area is 173 Å². The fraction of sp³-hybridized carbons (Fsp3) is 0.333. The summed E-state index contributed by atoms with van der Waals surface area (Å²) in [5, 5.41) is 2.78. The topological polar surface area (TPSA) is 49.4 Å². The van der Waals surface area contributed by atoms with Gasteiger partial charge in [0.1, 0.15) is 17.2 Å². The largest absolute Gasteiger partial charge is 0.350 e. The predicted octanol–water partition coefficient (Wildman–Crippen LogP) is 4.65. The molecule has 1 fully saturated rings. The van der Waals surface area contributed by atoms with Gasteiger partial charge in [0.15, 0.2) is 0 Å². The van der Waals surface area contributed by atoms with Crippen molar-refractivity contribution in [3.8, 4) is 0 Å². The molecular weight excluding hydrogens is 399 g/mol. The number of carbonyl (C=O) groups is 2. The summed E-state index contributed by atoms with van der Waals surface area (Å²) in [4.78, 5) is 27.8. The molecule has 1 saturated heterocycles. The quantitative estimate of drug-likeness (QED) is 0.786. The van der Waals surface area contributed by atoms with Crippen LogP contribution in [0, 0.1) is 5.82 Å². The summed E-state index contributed by atoms with van der Waals surface area (Å²) in [5.41, 5.74) is 0.524. The number of hydrogen-bond donors (Lipinski definition) is 1. The number of benzene rings is 2. The zero-order valence-corrected chi connectivity index (χ0v) is 17.5. The first-order chi connectivity index (χ1) is 13.2. The minimum absolute atomic E-state index is 0.237. The van der Waals surface area contributed by atoms with Crippen LogP contribution in [0.25, 0.3) is 0 Å². The first-order valence-electron chi connectivity index (χ1n) is 8.93. The number of nitrogens with zero attached hydrogens (tertiary/aromatic N) is 1. The molecular formula is C21H22ClFN2O2S. The van der Waals surface area contributed by atoms with E-state index >= 15 is 0 Å². The number of amides is 2. The molecule has 7 heteroatoms. The number of nitrogens with one attached hydrogen (secondary N) is 1. The fourth-order valence-electron chi connectivity index (χ4n) is 3.10. The van der Waals surface area contributed by atoms with Gasteiger partial charge in [-0.15, -0.1) is 11.8 Å². The molecule has 2 aromatic rings. The highest BCUT2D eigenvalue weighted by Crippen LogP contribution is 2.43. The molecule has 0 aromatic heterocycles. The lowest BCUT2D eigenvalue weighted by atomic mass is 10.1. The van der Waals surface area contributed by atoms with Gasteiger partial charge in [0.2, 0.25) is 5.91 Å². The summed E-state index contributed by atoms with van der Waals surface area (Å²) in [5.74, 6) is -0.553. The molecule has 0 spiro atoms. The van der Waals surface area contributed by atoms with Crippen molar-refractivity contribution in [1.82, 2.24) is 10.2 Å². The van der Waals surface area contributed by atoms with E-state index in [1.807, 2.05) is 20.8 Å². The van der Waals surface area contributed by atoms with Crippen LogP contribution in [0.1, 0.15) is 42.1 Å². The zero-order chi connectivity index (χ0) is 20.5. The molecule has 1 N–H and O–H groups in total. The highest BCUT2D eigenvalue weighted by atomic mass is 35.5. The van der Waals surface area contributed by atoms with E-state index in [0.717, 1.165) is 0 Å².